The van der Waals surface area contributed by atoms with E-state index in [1.54, 1.807) is 6.08 Å². The number of nitrogens with zero attached hydrogens (tertiary/aromatic N) is 1. The normalized spacial score (nSPS) is 14.3. The number of nitrogens with one attached hydrogen (secondary N) is 1. The van der Waals surface area contributed by atoms with E-state index < -0.39 is 20.0 Å². The molecule has 3 unspecified atom stereocenters. The molecule has 384 valence electrons. The number of carbonyl (C=O) groups excluding carboxylic acids is 1. The van der Waals surface area contributed by atoms with Crippen LogP contribution in [0.5, 0.6) is 0 Å². The number of hydrogen-bond acceptors (Lipinski definition) is 5. The maximum atomic E-state index is 12.9. The van der Waals surface area contributed by atoms with Gasteiger partial charge in [0.05, 0.1) is 39.9 Å². The Labute approximate surface area is 404 Å². The monoisotopic (exact) mass is 938 g/mol. The molecule has 0 heterocycles. The van der Waals surface area contributed by atoms with Gasteiger partial charge in [-0.3, -0.25) is 13.8 Å². The van der Waals surface area contributed by atoms with Gasteiger partial charge in [0.15, 0.2) is 0 Å². The van der Waals surface area contributed by atoms with Crippen LogP contribution in [0.2, 0.25) is 0 Å². The number of unbranched alkanes of at least 4 members (excludes halogenated alkanes) is 34. The quantitative estimate of drug-likeness (QED) is 0.0243. The summed E-state index contributed by atoms with van der Waals surface area (Å²) in [7, 11) is 1.58. The number of phosphoric acid groups is 1. The van der Waals surface area contributed by atoms with Crippen molar-refractivity contribution in [3.05, 3.63) is 36.5 Å². The Kier molecular flexibility index (Phi) is 46.8. The van der Waals surface area contributed by atoms with Crippen LogP contribution in [0.15, 0.2) is 36.5 Å². The van der Waals surface area contributed by atoms with Crippen molar-refractivity contribution >= 4 is 13.7 Å². The highest BCUT2D eigenvalue weighted by molar-refractivity contribution is 7.47. The van der Waals surface area contributed by atoms with Crippen molar-refractivity contribution < 1.29 is 32.9 Å². The summed E-state index contributed by atoms with van der Waals surface area (Å²) in [6.45, 7) is 4.80. The zero-order chi connectivity index (χ0) is 47.8. The zero-order valence-electron chi connectivity index (χ0n) is 43.7. The van der Waals surface area contributed by atoms with Crippen molar-refractivity contribution in [3.63, 3.8) is 0 Å². The van der Waals surface area contributed by atoms with Crippen LogP contribution < -0.4 is 5.32 Å². The van der Waals surface area contributed by atoms with E-state index in [1.807, 2.05) is 27.2 Å². The minimum absolute atomic E-state index is 0.0628. The number of allylic oxidation sites excluding steroid dienone is 5. The Balaban J connectivity index is 3.93. The topological polar surface area (TPSA) is 105 Å². The van der Waals surface area contributed by atoms with Crippen molar-refractivity contribution in [1.29, 1.82) is 0 Å². The number of phosphoric ester groups is 1. The first-order valence-electron chi connectivity index (χ1n) is 27.9. The lowest BCUT2D eigenvalue weighted by molar-refractivity contribution is -0.870. The fourth-order valence-corrected chi connectivity index (χ4v) is 8.93. The summed E-state index contributed by atoms with van der Waals surface area (Å²) in [6.07, 6.45) is 61.2. The summed E-state index contributed by atoms with van der Waals surface area (Å²) < 4.78 is 23.6. The van der Waals surface area contributed by atoms with Crippen LogP contribution in [0.4, 0.5) is 0 Å². The highest BCUT2D eigenvalue weighted by Gasteiger charge is 2.27. The average molecular weight is 938 g/mol. The van der Waals surface area contributed by atoms with Gasteiger partial charge < -0.3 is 19.8 Å². The fraction of sp³-hybridized carbons (Fsp3) is 0.875. The molecule has 3 N–H and O–H groups in total. The van der Waals surface area contributed by atoms with Crippen LogP contribution in [-0.2, 0) is 18.4 Å². The Morgan fingerprint density at radius 1 is 0.523 bits per heavy atom. The summed E-state index contributed by atoms with van der Waals surface area (Å²) in [5.41, 5.74) is 0. The van der Waals surface area contributed by atoms with Gasteiger partial charge >= 0.3 is 7.82 Å². The van der Waals surface area contributed by atoms with Crippen LogP contribution >= 0.6 is 7.82 Å². The zero-order valence-corrected chi connectivity index (χ0v) is 44.6. The lowest BCUT2D eigenvalue weighted by Gasteiger charge is -2.25. The molecule has 0 aliphatic carbocycles. The minimum atomic E-state index is -4.33. The van der Waals surface area contributed by atoms with E-state index in [4.69, 9.17) is 9.05 Å². The summed E-state index contributed by atoms with van der Waals surface area (Å²) in [5.74, 6) is -0.175. The lowest BCUT2D eigenvalue weighted by atomic mass is 10.0. The van der Waals surface area contributed by atoms with E-state index in [-0.39, 0.29) is 19.1 Å². The summed E-state index contributed by atoms with van der Waals surface area (Å²) in [6, 6.07) is -0.842. The van der Waals surface area contributed by atoms with Crippen LogP contribution in [0.25, 0.3) is 0 Å². The first-order valence-corrected chi connectivity index (χ1v) is 29.4. The lowest BCUT2D eigenvalue weighted by Crippen LogP contribution is -2.45. The molecule has 8 nitrogen and oxygen atoms in total. The first-order chi connectivity index (χ1) is 31.5. The minimum Gasteiger partial charge on any atom is -0.387 e. The number of quaternary nitrogens is 1. The predicted octanol–water partition coefficient (Wildman–Crippen LogP) is 16.6. The Hall–Kier alpha value is -1.28. The molecule has 0 saturated carbocycles. The molecule has 0 aromatic rings. The first kappa shape index (κ1) is 63.7. The van der Waals surface area contributed by atoms with Gasteiger partial charge in [0.2, 0.25) is 5.91 Å². The van der Waals surface area contributed by atoms with E-state index >= 15 is 0 Å². The number of likely N-dealkylation sites (N-methyl/N-ethyl adjacent to an activating group) is 1. The van der Waals surface area contributed by atoms with Crippen LogP contribution in [0.3, 0.4) is 0 Å². The highest BCUT2D eigenvalue weighted by atomic mass is 31.2. The SMILES string of the molecule is CCCCCCC/C=C\C/C=C\CCCCCCCCCCCCCCCCCCCCCCCC(=O)NC(COP(=O)(O)OCC[N+](C)(C)C)C(O)/C=C/CCCCCCCCCC. The van der Waals surface area contributed by atoms with E-state index in [9.17, 15) is 19.4 Å². The second kappa shape index (κ2) is 47.8. The molecule has 3 atom stereocenters. The number of aliphatic hydroxyl groups is 1. The molecule has 0 aliphatic rings. The second-order valence-electron chi connectivity index (χ2n) is 20.3. The van der Waals surface area contributed by atoms with Crippen molar-refractivity contribution in [2.24, 2.45) is 0 Å². The van der Waals surface area contributed by atoms with Crippen LogP contribution in [-0.4, -0.2) is 73.4 Å². The number of hydrogen-bond donors (Lipinski definition) is 3. The molecule has 65 heavy (non-hydrogen) atoms. The standard InChI is InChI=1S/C56H109N2O6P/c1-6-8-10-12-14-16-18-19-20-21-22-23-24-25-26-27-28-29-30-31-32-33-34-35-36-37-38-39-40-42-44-46-48-50-56(60)57-54(53-64-65(61,62)63-52-51-58(3,4)5)55(59)49-47-45-43-41-17-15-13-11-9-7-2/h18-19,21-22,47,49,54-55,59H,6-17,20,23-46,48,50-53H2,1-5H3,(H-,57,60,61,62)/p+1/b19-18-,22-21-,49-47+. The van der Waals surface area contributed by atoms with Gasteiger partial charge in [-0.05, 0) is 51.4 Å². The largest absolute Gasteiger partial charge is 0.472 e. The molecule has 0 aromatic carbocycles. The van der Waals surface area contributed by atoms with Gasteiger partial charge in [-0.1, -0.05) is 243 Å². The van der Waals surface area contributed by atoms with E-state index in [2.05, 4.69) is 43.5 Å². The second-order valence-corrected chi connectivity index (χ2v) is 21.8. The van der Waals surface area contributed by atoms with Crippen molar-refractivity contribution in [2.75, 3.05) is 40.9 Å². The predicted molar refractivity (Wildman–Crippen MR) is 281 cm³/mol. The van der Waals surface area contributed by atoms with Gasteiger partial charge in [-0.25, -0.2) is 4.57 Å². The molecule has 0 bridgehead atoms. The Morgan fingerprint density at radius 3 is 1.26 bits per heavy atom. The van der Waals surface area contributed by atoms with Gasteiger partial charge in [-0.15, -0.1) is 0 Å². The Bertz CT molecular complexity index is 1150. The van der Waals surface area contributed by atoms with Crippen molar-refractivity contribution in [2.45, 2.75) is 276 Å². The number of amides is 1. The summed E-state index contributed by atoms with van der Waals surface area (Å²) in [5, 5.41) is 13.8. The highest BCUT2D eigenvalue weighted by Crippen LogP contribution is 2.43. The fourth-order valence-electron chi connectivity index (χ4n) is 8.19. The summed E-state index contributed by atoms with van der Waals surface area (Å²) in [4.78, 5) is 23.2. The maximum absolute atomic E-state index is 12.9. The molecule has 9 heteroatoms. The number of aliphatic hydroxyl groups excluding tert-OH is 1. The molecular formula is C56H110N2O6P+. The van der Waals surface area contributed by atoms with E-state index in [1.165, 1.54) is 199 Å². The molecule has 0 saturated heterocycles. The average Bonchev–Trinajstić information content (AvgIpc) is 3.26. The molecule has 0 radical (unpaired) electrons. The van der Waals surface area contributed by atoms with Gasteiger partial charge in [0.25, 0.3) is 0 Å². The molecule has 0 spiro atoms. The van der Waals surface area contributed by atoms with Gasteiger partial charge in [-0.2, -0.15) is 0 Å². The smallest absolute Gasteiger partial charge is 0.387 e. The van der Waals surface area contributed by atoms with Crippen molar-refractivity contribution in [3.8, 4) is 0 Å². The van der Waals surface area contributed by atoms with E-state index in [0.717, 1.165) is 44.9 Å². The third kappa shape index (κ3) is 50.4. The molecule has 0 fully saturated rings. The van der Waals surface area contributed by atoms with Crippen LogP contribution in [0.1, 0.15) is 264 Å². The maximum Gasteiger partial charge on any atom is 0.472 e. The molecule has 0 aromatic heterocycles. The Morgan fingerprint density at radius 2 is 0.877 bits per heavy atom. The number of carbonyl (C=O) groups is 1. The molecular weight excluding hydrogens is 828 g/mol. The number of rotatable bonds is 51. The molecule has 0 aliphatic heterocycles. The van der Waals surface area contributed by atoms with Gasteiger partial charge in [0, 0.05) is 6.42 Å². The van der Waals surface area contributed by atoms with Gasteiger partial charge in [0.1, 0.15) is 13.2 Å². The third-order valence-electron chi connectivity index (χ3n) is 12.6. The molecule has 1 amide bonds. The summed E-state index contributed by atoms with van der Waals surface area (Å²) >= 11 is 0. The van der Waals surface area contributed by atoms with Crippen molar-refractivity contribution in [1.82, 2.24) is 5.32 Å². The third-order valence-corrected chi connectivity index (χ3v) is 13.6. The molecule has 0 rings (SSSR count). The van der Waals surface area contributed by atoms with Crippen LogP contribution in [0, 0.1) is 0 Å². The van der Waals surface area contributed by atoms with E-state index in [0.29, 0.717) is 17.4 Å².